The third-order valence-corrected chi connectivity index (χ3v) is 2.84. The van der Waals surface area contributed by atoms with Gasteiger partial charge in [0, 0.05) is 25.0 Å². The monoisotopic (exact) mass is 297 g/mol. The minimum absolute atomic E-state index is 0. The van der Waals surface area contributed by atoms with Crippen molar-refractivity contribution in [3.05, 3.63) is 24.3 Å². The summed E-state index contributed by atoms with van der Waals surface area (Å²) in [7, 11) is 1.57. The third-order valence-electron chi connectivity index (χ3n) is 2.84. The minimum Gasteiger partial charge on any atom is -0.399 e. The SMILES string of the molecule is CNC(=O)NC(=NCC1CC1)Nc1ccc(N)cc1.Cl. The van der Waals surface area contributed by atoms with Crippen molar-refractivity contribution < 1.29 is 4.79 Å². The molecule has 0 bridgehead atoms. The van der Waals surface area contributed by atoms with Crippen molar-refractivity contribution in [2.24, 2.45) is 10.9 Å². The predicted molar refractivity (Wildman–Crippen MR) is 84.3 cm³/mol. The van der Waals surface area contributed by atoms with E-state index in [4.69, 9.17) is 5.73 Å². The summed E-state index contributed by atoms with van der Waals surface area (Å²) in [5.74, 6) is 1.12. The number of halogens is 1. The van der Waals surface area contributed by atoms with E-state index in [1.807, 2.05) is 12.1 Å². The van der Waals surface area contributed by atoms with Gasteiger partial charge in [-0.1, -0.05) is 0 Å². The maximum absolute atomic E-state index is 11.4. The van der Waals surface area contributed by atoms with E-state index >= 15 is 0 Å². The molecule has 0 heterocycles. The maximum Gasteiger partial charge on any atom is 0.321 e. The van der Waals surface area contributed by atoms with Crippen LogP contribution in [0, 0.1) is 5.92 Å². The number of hydrogen-bond donors (Lipinski definition) is 4. The number of anilines is 2. The number of carbonyl (C=O) groups excluding carboxylic acids is 1. The van der Waals surface area contributed by atoms with Crippen molar-refractivity contribution in [1.82, 2.24) is 10.6 Å². The Hall–Kier alpha value is -1.95. The van der Waals surface area contributed by atoms with Crippen molar-refractivity contribution in [3.8, 4) is 0 Å². The highest BCUT2D eigenvalue weighted by Gasteiger charge is 2.20. The van der Waals surface area contributed by atoms with Crippen LogP contribution in [0.1, 0.15) is 12.8 Å². The normalized spacial score (nSPS) is 14.2. The number of hydrogen-bond acceptors (Lipinski definition) is 3. The molecular formula is C13H20ClN5O. The summed E-state index contributed by atoms with van der Waals surface area (Å²) in [6.45, 7) is 0.737. The zero-order valence-electron chi connectivity index (χ0n) is 11.3. The smallest absolute Gasteiger partial charge is 0.321 e. The first-order valence-corrected chi connectivity index (χ1v) is 6.33. The van der Waals surface area contributed by atoms with Gasteiger partial charge in [-0.25, -0.2) is 4.79 Å². The molecule has 2 amide bonds. The van der Waals surface area contributed by atoms with Crippen LogP contribution in [0.3, 0.4) is 0 Å². The first-order chi connectivity index (χ1) is 9.17. The van der Waals surface area contributed by atoms with Gasteiger partial charge in [0.05, 0.1) is 0 Å². The highest BCUT2D eigenvalue weighted by molar-refractivity contribution is 6.03. The Bertz CT molecular complexity index is 470. The summed E-state index contributed by atoms with van der Waals surface area (Å²) in [5, 5.41) is 8.25. The minimum atomic E-state index is -0.294. The highest BCUT2D eigenvalue weighted by atomic mass is 35.5. The first kappa shape index (κ1) is 16.1. The van der Waals surface area contributed by atoms with Gasteiger partial charge in [0.15, 0.2) is 0 Å². The van der Waals surface area contributed by atoms with E-state index in [1.165, 1.54) is 12.8 Å². The average molecular weight is 298 g/mol. The maximum atomic E-state index is 11.4. The topological polar surface area (TPSA) is 91.5 Å². The van der Waals surface area contributed by atoms with Gasteiger partial charge in [0.1, 0.15) is 0 Å². The predicted octanol–water partition coefficient (Wildman–Crippen LogP) is 1.80. The van der Waals surface area contributed by atoms with Crippen LogP contribution in [0.5, 0.6) is 0 Å². The molecule has 1 aromatic carbocycles. The molecular weight excluding hydrogens is 278 g/mol. The van der Waals surface area contributed by atoms with Gasteiger partial charge in [-0.3, -0.25) is 10.3 Å². The number of nitrogens with zero attached hydrogens (tertiary/aromatic N) is 1. The molecule has 0 spiro atoms. The molecule has 1 saturated carbocycles. The van der Waals surface area contributed by atoms with Crippen LogP contribution < -0.4 is 21.7 Å². The highest BCUT2D eigenvalue weighted by Crippen LogP contribution is 2.28. The average Bonchev–Trinajstić information content (AvgIpc) is 3.22. The molecule has 2 rings (SSSR count). The molecule has 7 heteroatoms. The lowest BCUT2D eigenvalue weighted by molar-refractivity contribution is 0.247. The second-order valence-electron chi connectivity index (χ2n) is 4.58. The van der Waals surface area contributed by atoms with E-state index < -0.39 is 0 Å². The Kier molecular flexibility index (Phi) is 6.11. The lowest BCUT2D eigenvalue weighted by atomic mass is 10.3. The van der Waals surface area contributed by atoms with Crippen LogP contribution in [0.2, 0.25) is 0 Å². The first-order valence-electron chi connectivity index (χ1n) is 6.33. The molecule has 110 valence electrons. The molecule has 1 aromatic rings. The second kappa shape index (κ2) is 7.59. The van der Waals surface area contributed by atoms with Crippen LogP contribution in [-0.4, -0.2) is 25.6 Å². The Morgan fingerprint density at radius 3 is 2.55 bits per heavy atom. The standard InChI is InChI=1S/C13H19N5O.ClH/c1-15-13(19)18-12(16-8-9-2-3-9)17-11-6-4-10(14)5-7-11;/h4-7,9H,2-3,8,14H2,1H3,(H3,15,16,17,18,19);1H. The van der Waals surface area contributed by atoms with E-state index in [1.54, 1.807) is 19.2 Å². The third kappa shape index (κ3) is 5.36. The van der Waals surface area contributed by atoms with Crippen molar-refractivity contribution in [3.63, 3.8) is 0 Å². The number of guanidine groups is 1. The molecule has 0 aliphatic heterocycles. The summed E-state index contributed by atoms with van der Waals surface area (Å²) in [5.41, 5.74) is 7.16. The van der Waals surface area contributed by atoms with Crippen molar-refractivity contribution in [2.45, 2.75) is 12.8 Å². The number of carbonyl (C=O) groups is 1. The van der Waals surface area contributed by atoms with Gasteiger partial charge in [-0.15, -0.1) is 12.4 Å². The summed E-state index contributed by atoms with van der Waals surface area (Å²) >= 11 is 0. The number of urea groups is 1. The summed E-state index contributed by atoms with van der Waals surface area (Å²) < 4.78 is 0. The second-order valence-corrected chi connectivity index (χ2v) is 4.58. The van der Waals surface area contributed by atoms with Crippen LogP contribution in [-0.2, 0) is 0 Å². The van der Waals surface area contributed by atoms with Crippen molar-refractivity contribution >= 4 is 35.8 Å². The Labute approximate surface area is 124 Å². The van der Waals surface area contributed by atoms with Crippen molar-refractivity contribution in [2.75, 3.05) is 24.6 Å². The quantitative estimate of drug-likeness (QED) is 0.389. The van der Waals surface area contributed by atoms with Crippen LogP contribution in [0.15, 0.2) is 29.3 Å². The van der Waals surface area contributed by atoms with Crippen LogP contribution >= 0.6 is 12.4 Å². The Balaban J connectivity index is 0.00000200. The molecule has 0 atom stereocenters. The van der Waals surface area contributed by atoms with E-state index in [9.17, 15) is 4.79 Å². The largest absolute Gasteiger partial charge is 0.399 e. The summed E-state index contributed by atoms with van der Waals surface area (Å²) in [4.78, 5) is 15.8. The molecule has 0 radical (unpaired) electrons. The fraction of sp³-hybridized carbons (Fsp3) is 0.385. The van der Waals surface area contributed by atoms with Gasteiger partial charge in [-0.2, -0.15) is 0 Å². The van der Waals surface area contributed by atoms with Gasteiger partial charge in [-0.05, 0) is 43.0 Å². The van der Waals surface area contributed by atoms with Gasteiger partial charge < -0.3 is 16.4 Å². The number of nitrogens with one attached hydrogen (secondary N) is 3. The number of aliphatic imine (C=N–C) groups is 1. The van der Waals surface area contributed by atoms with Crippen LogP contribution in [0.4, 0.5) is 16.2 Å². The van der Waals surface area contributed by atoms with Crippen molar-refractivity contribution in [1.29, 1.82) is 0 Å². The molecule has 0 unspecified atom stereocenters. The number of nitrogens with two attached hydrogens (primary N) is 1. The Morgan fingerprint density at radius 2 is 2.00 bits per heavy atom. The Morgan fingerprint density at radius 1 is 1.35 bits per heavy atom. The van der Waals surface area contributed by atoms with E-state index in [-0.39, 0.29) is 18.4 Å². The van der Waals surface area contributed by atoms with E-state index in [0.29, 0.717) is 17.6 Å². The zero-order valence-corrected chi connectivity index (χ0v) is 12.2. The molecule has 6 nitrogen and oxygen atoms in total. The lowest BCUT2D eigenvalue weighted by Crippen LogP contribution is -2.41. The molecule has 0 aromatic heterocycles. The fourth-order valence-corrected chi connectivity index (χ4v) is 1.50. The number of rotatable bonds is 3. The van der Waals surface area contributed by atoms with Gasteiger partial charge in [0.2, 0.25) is 5.96 Å². The molecule has 1 aliphatic rings. The van der Waals surface area contributed by atoms with Crippen LogP contribution in [0.25, 0.3) is 0 Å². The molecule has 20 heavy (non-hydrogen) atoms. The summed E-state index contributed by atoms with van der Waals surface area (Å²) in [6, 6.07) is 6.97. The fourth-order valence-electron chi connectivity index (χ4n) is 1.50. The number of amides is 2. The van der Waals surface area contributed by atoms with E-state index in [0.717, 1.165) is 12.2 Å². The molecule has 0 saturated heterocycles. The zero-order chi connectivity index (χ0) is 13.7. The van der Waals surface area contributed by atoms with Gasteiger partial charge >= 0.3 is 6.03 Å². The molecule has 5 N–H and O–H groups in total. The number of nitrogen functional groups attached to an aromatic ring is 1. The lowest BCUT2D eigenvalue weighted by Gasteiger charge is -2.11. The summed E-state index contributed by atoms with van der Waals surface area (Å²) in [6.07, 6.45) is 2.44. The molecule has 1 fully saturated rings. The van der Waals surface area contributed by atoms with Gasteiger partial charge in [0.25, 0.3) is 0 Å². The number of benzene rings is 1. The molecule has 1 aliphatic carbocycles. The van der Waals surface area contributed by atoms with E-state index in [2.05, 4.69) is 20.9 Å².